The molecule has 2 saturated heterocycles. The molecule has 0 aromatic carbocycles. The van der Waals surface area contributed by atoms with Crippen LogP contribution in [0.3, 0.4) is 0 Å². The van der Waals surface area contributed by atoms with Gasteiger partial charge >= 0.3 is 0 Å². The Balaban J connectivity index is 1.93. The third-order valence-electron chi connectivity index (χ3n) is 3.78. The Hall–Kier alpha value is -1.14. The number of carbonyl (C=O) groups is 2. The van der Waals surface area contributed by atoms with E-state index in [1.54, 1.807) is 4.90 Å². The minimum absolute atomic E-state index is 0.0133. The standard InChI is InChI=1S/C13H23N3O3/c1-3-11-13(18)16(9-12(17)14-11)8-10-7-15(4-2)5-6-19-10/h10-11H,3-9H2,1-2H3,(H,14,17). The van der Waals surface area contributed by atoms with Crippen molar-refractivity contribution in [3.63, 3.8) is 0 Å². The van der Waals surface area contributed by atoms with Crippen LogP contribution in [0.15, 0.2) is 0 Å². The molecule has 2 unspecified atom stereocenters. The smallest absolute Gasteiger partial charge is 0.245 e. The number of amides is 2. The third-order valence-corrected chi connectivity index (χ3v) is 3.78. The highest BCUT2D eigenvalue weighted by molar-refractivity contribution is 5.94. The summed E-state index contributed by atoms with van der Waals surface area (Å²) >= 11 is 0. The summed E-state index contributed by atoms with van der Waals surface area (Å²) in [5.74, 6) is -0.0612. The molecular weight excluding hydrogens is 246 g/mol. The molecule has 6 nitrogen and oxygen atoms in total. The van der Waals surface area contributed by atoms with Gasteiger partial charge in [-0.25, -0.2) is 0 Å². The van der Waals surface area contributed by atoms with E-state index in [0.29, 0.717) is 19.6 Å². The summed E-state index contributed by atoms with van der Waals surface area (Å²) in [5.41, 5.74) is 0. The largest absolute Gasteiger partial charge is 0.374 e. The number of nitrogens with zero attached hydrogens (tertiary/aromatic N) is 2. The molecule has 1 N–H and O–H groups in total. The number of carbonyl (C=O) groups excluding carboxylic acids is 2. The molecule has 2 atom stereocenters. The van der Waals surface area contributed by atoms with Crippen LogP contribution in [0.1, 0.15) is 20.3 Å². The maximum absolute atomic E-state index is 12.2. The van der Waals surface area contributed by atoms with Gasteiger partial charge in [0.25, 0.3) is 0 Å². The number of hydrogen-bond acceptors (Lipinski definition) is 4. The van der Waals surface area contributed by atoms with E-state index < -0.39 is 0 Å². The number of piperazine rings is 1. The average Bonchev–Trinajstić information content (AvgIpc) is 2.42. The van der Waals surface area contributed by atoms with Crippen molar-refractivity contribution < 1.29 is 14.3 Å². The van der Waals surface area contributed by atoms with Gasteiger partial charge in [0.15, 0.2) is 0 Å². The molecule has 0 aromatic heterocycles. The molecular formula is C13H23N3O3. The summed E-state index contributed by atoms with van der Waals surface area (Å²) in [4.78, 5) is 27.7. The van der Waals surface area contributed by atoms with Crippen molar-refractivity contribution in [3.05, 3.63) is 0 Å². The van der Waals surface area contributed by atoms with Gasteiger partial charge in [0.2, 0.25) is 11.8 Å². The number of likely N-dealkylation sites (N-methyl/N-ethyl adjacent to an activating group) is 1. The molecule has 0 saturated carbocycles. The van der Waals surface area contributed by atoms with Crippen molar-refractivity contribution in [1.82, 2.24) is 15.1 Å². The van der Waals surface area contributed by atoms with Gasteiger partial charge in [0.05, 0.1) is 19.3 Å². The molecule has 0 aromatic rings. The van der Waals surface area contributed by atoms with E-state index in [-0.39, 0.29) is 30.5 Å². The van der Waals surface area contributed by atoms with Crippen LogP contribution in [-0.4, -0.2) is 73.1 Å². The highest BCUT2D eigenvalue weighted by atomic mass is 16.5. The van der Waals surface area contributed by atoms with Crippen molar-refractivity contribution in [2.24, 2.45) is 0 Å². The van der Waals surface area contributed by atoms with Gasteiger partial charge in [0, 0.05) is 19.6 Å². The molecule has 0 aliphatic carbocycles. The second kappa shape index (κ2) is 6.34. The highest BCUT2D eigenvalue weighted by Gasteiger charge is 2.33. The van der Waals surface area contributed by atoms with Crippen LogP contribution in [0.5, 0.6) is 0 Å². The lowest BCUT2D eigenvalue weighted by Crippen LogP contribution is -2.60. The zero-order chi connectivity index (χ0) is 13.8. The number of hydrogen-bond donors (Lipinski definition) is 1. The summed E-state index contributed by atoms with van der Waals surface area (Å²) in [6.45, 7) is 8.16. The Morgan fingerprint density at radius 1 is 1.37 bits per heavy atom. The molecule has 108 valence electrons. The van der Waals surface area contributed by atoms with E-state index in [4.69, 9.17) is 4.74 Å². The minimum Gasteiger partial charge on any atom is -0.374 e. The lowest BCUT2D eigenvalue weighted by atomic mass is 10.1. The van der Waals surface area contributed by atoms with Crippen LogP contribution in [0.2, 0.25) is 0 Å². The number of nitrogens with one attached hydrogen (secondary N) is 1. The first kappa shape index (κ1) is 14.3. The molecule has 0 bridgehead atoms. The lowest BCUT2D eigenvalue weighted by molar-refractivity contribution is -0.147. The van der Waals surface area contributed by atoms with E-state index >= 15 is 0 Å². The topological polar surface area (TPSA) is 61.9 Å². The summed E-state index contributed by atoms with van der Waals surface area (Å²) in [6, 6.07) is -0.368. The van der Waals surface area contributed by atoms with Crippen LogP contribution in [0, 0.1) is 0 Å². The lowest BCUT2D eigenvalue weighted by Gasteiger charge is -2.38. The molecule has 6 heteroatoms. The van der Waals surface area contributed by atoms with Gasteiger partial charge < -0.3 is 15.0 Å². The number of ether oxygens (including phenoxy) is 1. The van der Waals surface area contributed by atoms with Crippen molar-refractivity contribution in [2.45, 2.75) is 32.4 Å². The fourth-order valence-corrected chi connectivity index (χ4v) is 2.63. The number of morpholine rings is 1. The molecule has 0 spiro atoms. The Labute approximate surface area is 114 Å². The van der Waals surface area contributed by atoms with E-state index in [9.17, 15) is 9.59 Å². The normalized spacial score (nSPS) is 29.5. The molecule has 2 rings (SSSR count). The first-order valence-corrected chi connectivity index (χ1v) is 7.06. The molecule has 2 amide bonds. The van der Waals surface area contributed by atoms with Gasteiger partial charge in [0.1, 0.15) is 6.04 Å². The molecule has 2 heterocycles. The van der Waals surface area contributed by atoms with E-state index in [0.717, 1.165) is 19.6 Å². The van der Waals surface area contributed by atoms with Gasteiger partial charge in [-0.2, -0.15) is 0 Å². The van der Waals surface area contributed by atoms with E-state index in [2.05, 4.69) is 17.1 Å². The Kier molecular flexibility index (Phi) is 4.76. The fourth-order valence-electron chi connectivity index (χ4n) is 2.63. The van der Waals surface area contributed by atoms with Crippen molar-refractivity contribution in [1.29, 1.82) is 0 Å². The van der Waals surface area contributed by atoms with E-state index in [1.165, 1.54) is 0 Å². The maximum atomic E-state index is 12.2. The van der Waals surface area contributed by atoms with Gasteiger partial charge in [-0.15, -0.1) is 0 Å². The molecule has 2 aliphatic rings. The quantitative estimate of drug-likeness (QED) is 0.743. The fraction of sp³-hybridized carbons (Fsp3) is 0.846. The zero-order valence-electron chi connectivity index (χ0n) is 11.7. The van der Waals surface area contributed by atoms with Crippen molar-refractivity contribution >= 4 is 11.8 Å². The van der Waals surface area contributed by atoms with Crippen LogP contribution < -0.4 is 5.32 Å². The Morgan fingerprint density at radius 3 is 2.84 bits per heavy atom. The monoisotopic (exact) mass is 269 g/mol. The van der Waals surface area contributed by atoms with Crippen molar-refractivity contribution in [3.8, 4) is 0 Å². The average molecular weight is 269 g/mol. The summed E-state index contributed by atoms with van der Waals surface area (Å²) in [6.07, 6.45) is 0.647. The summed E-state index contributed by atoms with van der Waals surface area (Å²) in [5, 5.41) is 2.72. The summed E-state index contributed by atoms with van der Waals surface area (Å²) in [7, 11) is 0. The predicted molar refractivity (Wildman–Crippen MR) is 70.7 cm³/mol. The second-order valence-electron chi connectivity index (χ2n) is 5.13. The third kappa shape index (κ3) is 3.45. The van der Waals surface area contributed by atoms with Crippen LogP contribution >= 0.6 is 0 Å². The van der Waals surface area contributed by atoms with Crippen LogP contribution in [0.25, 0.3) is 0 Å². The molecule has 2 aliphatic heterocycles. The maximum Gasteiger partial charge on any atom is 0.245 e. The van der Waals surface area contributed by atoms with Gasteiger partial charge in [-0.05, 0) is 13.0 Å². The second-order valence-corrected chi connectivity index (χ2v) is 5.13. The Morgan fingerprint density at radius 2 is 2.16 bits per heavy atom. The highest BCUT2D eigenvalue weighted by Crippen LogP contribution is 2.11. The molecule has 19 heavy (non-hydrogen) atoms. The van der Waals surface area contributed by atoms with Crippen LogP contribution in [0.4, 0.5) is 0 Å². The summed E-state index contributed by atoms with van der Waals surface area (Å²) < 4.78 is 5.70. The first-order valence-electron chi connectivity index (χ1n) is 7.06. The molecule has 0 radical (unpaired) electrons. The Bertz CT molecular complexity index is 348. The van der Waals surface area contributed by atoms with E-state index in [1.807, 2.05) is 6.92 Å². The molecule has 2 fully saturated rings. The number of rotatable bonds is 4. The SMILES string of the molecule is CCC1NC(=O)CN(CC2CN(CC)CCO2)C1=O. The minimum atomic E-state index is -0.368. The predicted octanol–water partition coefficient (Wildman–Crippen LogP) is -0.556. The van der Waals surface area contributed by atoms with Gasteiger partial charge in [-0.1, -0.05) is 13.8 Å². The van der Waals surface area contributed by atoms with Crippen molar-refractivity contribution in [2.75, 3.05) is 39.3 Å². The zero-order valence-corrected chi connectivity index (χ0v) is 11.7. The van der Waals surface area contributed by atoms with Crippen LogP contribution in [-0.2, 0) is 14.3 Å². The first-order chi connectivity index (χ1) is 9.13. The van der Waals surface area contributed by atoms with Gasteiger partial charge in [-0.3, -0.25) is 14.5 Å².